The Morgan fingerprint density at radius 2 is 1.95 bits per heavy atom. The molecule has 1 aromatic carbocycles. The summed E-state index contributed by atoms with van der Waals surface area (Å²) in [5, 5.41) is 2.75. The number of hydrogen-bond acceptors (Lipinski definition) is 4. The number of anilines is 1. The minimum Gasteiger partial charge on any atom is -0.493 e. The molecule has 0 bridgehead atoms. The second-order valence-electron chi connectivity index (χ2n) is 3.73. The fourth-order valence-electron chi connectivity index (χ4n) is 1.55. The maximum atomic E-state index is 12.0. The Balaban J connectivity index is 2.86. The Labute approximate surface area is 113 Å². The Bertz CT molecular complexity index is 515. The van der Waals surface area contributed by atoms with Gasteiger partial charge in [0.25, 0.3) is 5.91 Å². The van der Waals surface area contributed by atoms with Gasteiger partial charge in [-0.3, -0.25) is 4.79 Å². The number of ether oxygens (including phenoxy) is 2. The average Bonchev–Trinajstić information content (AvgIpc) is 2.42. The Morgan fingerprint density at radius 3 is 2.53 bits per heavy atom. The SMILES string of the molecule is CC#CCCNC(=O)c1cc(OC)c(OC)cc1N. The summed E-state index contributed by atoms with van der Waals surface area (Å²) in [6, 6.07) is 3.13. The first kappa shape index (κ1) is 14.7. The molecule has 0 heterocycles. The van der Waals surface area contributed by atoms with E-state index in [1.807, 2.05) is 0 Å². The number of carbonyl (C=O) groups excluding carboxylic acids is 1. The molecule has 0 spiro atoms. The number of carbonyl (C=O) groups is 1. The molecule has 0 saturated heterocycles. The van der Waals surface area contributed by atoms with Crippen LogP contribution in [-0.4, -0.2) is 26.7 Å². The number of nitrogens with one attached hydrogen (secondary N) is 1. The molecule has 0 aliphatic rings. The van der Waals surface area contributed by atoms with Crippen molar-refractivity contribution in [3.63, 3.8) is 0 Å². The highest BCUT2D eigenvalue weighted by atomic mass is 16.5. The van der Waals surface area contributed by atoms with Gasteiger partial charge in [-0.25, -0.2) is 0 Å². The minimum absolute atomic E-state index is 0.253. The smallest absolute Gasteiger partial charge is 0.253 e. The second kappa shape index (κ2) is 7.17. The van der Waals surface area contributed by atoms with Crippen LogP contribution in [0.3, 0.4) is 0 Å². The summed E-state index contributed by atoms with van der Waals surface area (Å²) in [7, 11) is 3.02. The molecule has 102 valence electrons. The normalized spacial score (nSPS) is 9.21. The van der Waals surface area contributed by atoms with Crippen LogP contribution in [0.1, 0.15) is 23.7 Å². The molecular weight excluding hydrogens is 244 g/mol. The van der Waals surface area contributed by atoms with E-state index in [1.54, 1.807) is 19.1 Å². The molecule has 5 heteroatoms. The van der Waals surface area contributed by atoms with Crippen LogP contribution < -0.4 is 20.5 Å². The molecule has 0 aliphatic heterocycles. The largest absolute Gasteiger partial charge is 0.493 e. The molecule has 0 aromatic heterocycles. The van der Waals surface area contributed by atoms with Crippen molar-refractivity contribution in [1.82, 2.24) is 5.32 Å². The van der Waals surface area contributed by atoms with Crippen LogP contribution in [0, 0.1) is 11.8 Å². The van der Waals surface area contributed by atoms with E-state index < -0.39 is 0 Å². The Morgan fingerprint density at radius 1 is 1.32 bits per heavy atom. The lowest BCUT2D eigenvalue weighted by Gasteiger charge is -2.12. The third kappa shape index (κ3) is 3.81. The molecule has 5 nitrogen and oxygen atoms in total. The number of amides is 1. The van der Waals surface area contributed by atoms with Crippen LogP contribution in [0.5, 0.6) is 11.5 Å². The molecule has 0 unspecified atom stereocenters. The number of rotatable bonds is 5. The summed E-state index contributed by atoms with van der Waals surface area (Å²) in [5.74, 6) is 6.34. The fourth-order valence-corrected chi connectivity index (χ4v) is 1.55. The van der Waals surface area contributed by atoms with E-state index in [1.165, 1.54) is 14.2 Å². The Hall–Kier alpha value is -2.35. The van der Waals surface area contributed by atoms with Crippen molar-refractivity contribution < 1.29 is 14.3 Å². The van der Waals surface area contributed by atoms with Crippen LogP contribution in [0.4, 0.5) is 5.69 Å². The van der Waals surface area contributed by atoms with Crippen LogP contribution >= 0.6 is 0 Å². The third-order valence-electron chi connectivity index (χ3n) is 2.51. The van der Waals surface area contributed by atoms with E-state index >= 15 is 0 Å². The predicted molar refractivity (Wildman–Crippen MR) is 74.4 cm³/mol. The summed E-state index contributed by atoms with van der Waals surface area (Å²) >= 11 is 0. The quantitative estimate of drug-likeness (QED) is 0.478. The van der Waals surface area contributed by atoms with Crippen molar-refractivity contribution in [1.29, 1.82) is 0 Å². The van der Waals surface area contributed by atoms with Crippen molar-refractivity contribution in [3.8, 4) is 23.3 Å². The molecule has 0 aliphatic carbocycles. The zero-order valence-corrected chi connectivity index (χ0v) is 11.4. The van der Waals surface area contributed by atoms with E-state index in [2.05, 4.69) is 17.2 Å². The predicted octanol–water partition coefficient (Wildman–Crippen LogP) is 1.43. The molecule has 0 atom stereocenters. The van der Waals surface area contributed by atoms with Crippen molar-refractivity contribution in [3.05, 3.63) is 17.7 Å². The van der Waals surface area contributed by atoms with Gasteiger partial charge in [-0.05, 0) is 13.0 Å². The van der Waals surface area contributed by atoms with Crippen molar-refractivity contribution >= 4 is 11.6 Å². The van der Waals surface area contributed by atoms with Gasteiger partial charge >= 0.3 is 0 Å². The van der Waals surface area contributed by atoms with Crippen molar-refractivity contribution in [2.24, 2.45) is 0 Å². The maximum Gasteiger partial charge on any atom is 0.253 e. The van der Waals surface area contributed by atoms with E-state index in [0.29, 0.717) is 35.7 Å². The third-order valence-corrected chi connectivity index (χ3v) is 2.51. The monoisotopic (exact) mass is 262 g/mol. The standard InChI is InChI=1S/C14H18N2O3/c1-4-5-6-7-16-14(17)10-8-12(18-2)13(19-3)9-11(10)15/h8-9H,6-7,15H2,1-3H3,(H,16,17). The molecule has 1 aromatic rings. The van der Waals surface area contributed by atoms with E-state index in [-0.39, 0.29) is 5.91 Å². The number of nitrogens with two attached hydrogens (primary N) is 1. The first-order chi connectivity index (χ1) is 9.13. The van der Waals surface area contributed by atoms with Crippen LogP contribution in [-0.2, 0) is 0 Å². The van der Waals surface area contributed by atoms with Crippen LogP contribution in [0.2, 0.25) is 0 Å². The molecule has 1 rings (SSSR count). The first-order valence-corrected chi connectivity index (χ1v) is 5.83. The summed E-state index contributed by atoms with van der Waals surface area (Å²) in [5.41, 5.74) is 6.53. The van der Waals surface area contributed by atoms with Crippen molar-refractivity contribution in [2.75, 3.05) is 26.5 Å². The molecular formula is C14H18N2O3. The zero-order chi connectivity index (χ0) is 14.3. The highest BCUT2D eigenvalue weighted by Gasteiger charge is 2.14. The lowest BCUT2D eigenvalue weighted by molar-refractivity contribution is 0.0955. The first-order valence-electron chi connectivity index (χ1n) is 5.83. The fraction of sp³-hybridized carbons (Fsp3) is 0.357. The molecule has 19 heavy (non-hydrogen) atoms. The van der Waals surface area contributed by atoms with Gasteiger partial charge in [0.2, 0.25) is 0 Å². The summed E-state index contributed by atoms with van der Waals surface area (Å²) in [6.45, 7) is 2.24. The Kier molecular flexibility index (Phi) is 5.55. The van der Waals surface area contributed by atoms with Crippen LogP contribution in [0.25, 0.3) is 0 Å². The maximum absolute atomic E-state index is 12.0. The number of nitrogen functional groups attached to an aromatic ring is 1. The second-order valence-corrected chi connectivity index (χ2v) is 3.73. The molecule has 3 N–H and O–H groups in total. The van der Waals surface area contributed by atoms with Gasteiger partial charge < -0.3 is 20.5 Å². The zero-order valence-electron chi connectivity index (χ0n) is 11.4. The van der Waals surface area contributed by atoms with Gasteiger partial charge in [0, 0.05) is 24.7 Å². The highest BCUT2D eigenvalue weighted by Crippen LogP contribution is 2.31. The van der Waals surface area contributed by atoms with Gasteiger partial charge in [-0.1, -0.05) is 0 Å². The minimum atomic E-state index is -0.253. The summed E-state index contributed by atoms with van der Waals surface area (Å²) in [6.07, 6.45) is 0.607. The lowest BCUT2D eigenvalue weighted by atomic mass is 10.1. The summed E-state index contributed by atoms with van der Waals surface area (Å²) in [4.78, 5) is 12.0. The van der Waals surface area contributed by atoms with Gasteiger partial charge in [-0.2, -0.15) is 0 Å². The number of benzene rings is 1. The molecule has 0 fully saturated rings. The van der Waals surface area contributed by atoms with Gasteiger partial charge in [0.05, 0.1) is 19.8 Å². The van der Waals surface area contributed by atoms with Gasteiger partial charge in [-0.15, -0.1) is 11.8 Å². The van der Waals surface area contributed by atoms with Crippen molar-refractivity contribution in [2.45, 2.75) is 13.3 Å². The van der Waals surface area contributed by atoms with Crippen LogP contribution in [0.15, 0.2) is 12.1 Å². The highest BCUT2D eigenvalue weighted by molar-refractivity contribution is 6.00. The molecule has 1 amide bonds. The van der Waals surface area contributed by atoms with Gasteiger partial charge in [0.1, 0.15) is 0 Å². The van der Waals surface area contributed by atoms with E-state index in [4.69, 9.17) is 15.2 Å². The summed E-state index contributed by atoms with van der Waals surface area (Å²) < 4.78 is 10.3. The van der Waals surface area contributed by atoms with E-state index in [9.17, 15) is 4.79 Å². The van der Waals surface area contributed by atoms with Gasteiger partial charge in [0.15, 0.2) is 11.5 Å². The number of methoxy groups -OCH3 is 2. The lowest BCUT2D eigenvalue weighted by Crippen LogP contribution is -2.25. The topological polar surface area (TPSA) is 73.6 Å². The molecule has 0 saturated carbocycles. The number of hydrogen-bond donors (Lipinski definition) is 2. The average molecular weight is 262 g/mol. The molecule has 0 radical (unpaired) electrons. The van der Waals surface area contributed by atoms with E-state index in [0.717, 1.165) is 0 Å².